The predicted octanol–water partition coefficient (Wildman–Crippen LogP) is 2.98. The molecule has 72 heavy (non-hydrogen) atoms. The molecule has 1 saturated carbocycles. The van der Waals surface area contributed by atoms with Gasteiger partial charge in [0.15, 0.2) is 11.4 Å². The highest BCUT2D eigenvalue weighted by atomic mass is 19.1. The maximum absolute atomic E-state index is 15.6. The van der Waals surface area contributed by atoms with Crippen LogP contribution in [-0.2, 0) is 67.1 Å². The number of hydrogen-bond acceptors (Lipinski definition) is 12. The summed E-state index contributed by atoms with van der Waals surface area (Å²) in [7, 11) is 0. The number of nitrogens with one attached hydrogen (secondary N) is 6. The van der Waals surface area contributed by atoms with E-state index in [1.54, 1.807) is 50.3 Å². The van der Waals surface area contributed by atoms with E-state index >= 15 is 4.39 Å². The highest BCUT2D eigenvalue weighted by Crippen LogP contribution is 2.50. The molecule has 0 spiro atoms. The fraction of sp³-hybridized carbons (Fsp3) is 0.491. The quantitative estimate of drug-likeness (QED) is 0.0490. The van der Waals surface area contributed by atoms with Crippen LogP contribution in [0, 0.1) is 18.7 Å². The van der Waals surface area contributed by atoms with Crippen LogP contribution in [0.2, 0.25) is 0 Å². The van der Waals surface area contributed by atoms with Crippen LogP contribution in [0.4, 0.5) is 4.39 Å². The van der Waals surface area contributed by atoms with Gasteiger partial charge in [0, 0.05) is 41.9 Å². The number of carbonyl (C=O) groups excluding carboxylic acids is 8. The summed E-state index contributed by atoms with van der Waals surface area (Å²) in [4.78, 5) is 109. The van der Waals surface area contributed by atoms with Crippen molar-refractivity contribution in [2.75, 3.05) is 33.0 Å². The highest BCUT2D eigenvalue weighted by Gasteiger charge is 2.53. The number of carbonyl (C=O) groups is 8. The second-order valence-electron chi connectivity index (χ2n) is 19.3. The number of ether oxygens (including phenoxy) is 2. The molecule has 1 fully saturated rings. The summed E-state index contributed by atoms with van der Waals surface area (Å²) in [5.41, 5.74) is 2.54. The minimum absolute atomic E-state index is 0.0205. The molecule has 8 rings (SSSR count). The minimum atomic E-state index is -2.03. The molecule has 0 saturated heterocycles. The summed E-state index contributed by atoms with van der Waals surface area (Å²) in [6.07, 6.45) is 7.37. The third-order valence-electron chi connectivity index (χ3n) is 14.6. The topological polar surface area (TPSA) is 260 Å². The average molecular weight is 992 g/mol. The van der Waals surface area contributed by atoms with Crippen molar-refractivity contribution in [3.63, 3.8) is 0 Å². The second kappa shape index (κ2) is 21.9. The molecular weight excluding hydrogens is 930 g/mol. The zero-order valence-corrected chi connectivity index (χ0v) is 40.9. The maximum Gasteiger partial charge on any atom is 0.343 e. The van der Waals surface area contributed by atoms with Crippen LogP contribution in [-0.4, -0.2) is 108 Å². The van der Waals surface area contributed by atoms with E-state index < -0.39 is 77.7 Å². The Labute approximate surface area is 416 Å². The smallest absolute Gasteiger partial charge is 0.343 e. The zero-order chi connectivity index (χ0) is 51.3. The first-order valence-corrected chi connectivity index (χ1v) is 24.9. The number of halogens is 1. The number of unbranched alkanes of at least 4 members (excludes halogenated alkanes) is 2. The van der Waals surface area contributed by atoms with Crippen molar-refractivity contribution in [3.05, 3.63) is 92.9 Å². The first kappa shape index (κ1) is 51.5. The molecule has 0 bridgehead atoms. The first-order valence-electron chi connectivity index (χ1n) is 24.9. The molecule has 7 N–H and O–H groups in total. The molecule has 382 valence electrons. The summed E-state index contributed by atoms with van der Waals surface area (Å²) in [6.45, 7) is 3.56. The lowest BCUT2D eigenvalue weighted by Gasteiger charge is -2.34. The average Bonchev–Trinajstić information content (AvgIpc) is 4.09. The number of amides is 6. The van der Waals surface area contributed by atoms with E-state index in [9.17, 15) is 43.5 Å². The van der Waals surface area contributed by atoms with Crippen molar-refractivity contribution in [2.24, 2.45) is 5.92 Å². The van der Waals surface area contributed by atoms with E-state index in [1.807, 2.05) is 6.92 Å². The Bertz CT molecular complexity index is 2770. The Morgan fingerprint density at radius 2 is 1.62 bits per heavy atom. The van der Waals surface area contributed by atoms with Crippen molar-refractivity contribution in [2.45, 2.75) is 128 Å². The number of aliphatic hydroxyl groups is 1. The fourth-order valence-electron chi connectivity index (χ4n) is 10.2. The van der Waals surface area contributed by atoms with E-state index in [2.05, 4.69) is 31.9 Å². The normalized spacial score (nSPS) is 20.8. The number of benzene rings is 2. The molecule has 2 heterocycles. The van der Waals surface area contributed by atoms with Crippen LogP contribution in [0.25, 0.3) is 16.5 Å². The van der Waals surface area contributed by atoms with Gasteiger partial charge in [0.1, 0.15) is 30.8 Å². The van der Waals surface area contributed by atoms with Gasteiger partial charge in [-0.15, -0.1) is 0 Å². The number of ketones is 1. The van der Waals surface area contributed by atoms with Crippen molar-refractivity contribution in [3.8, 4) is 0 Å². The number of Topliss-reactive ketones (excluding diaryl/α,β-unsaturated/α-hetero) is 1. The Morgan fingerprint density at radius 3 is 2.36 bits per heavy atom. The monoisotopic (exact) mass is 991 g/mol. The molecular formula is C53H62FN7O11. The van der Waals surface area contributed by atoms with Gasteiger partial charge in [0.05, 0.1) is 36.9 Å². The van der Waals surface area contributed by atoms with Crippen LogP contribution >= 0.6 is 0 Å². The number of nitrogens with zero attached hydrogens (tertiary/aromatic N) is 1. The first-order chi connectivity index (χ1) is 34.5. The summed E-state index contributed by atoms with van der Waals surface area (Å²) < 4.78 is 26.9. The third-order valence-corrected chi connectivity index (χ3v) is 14.6. The lowest BCUT2D eigenvalue weighted by molar-refractivity contribution is -0.163. The van der Waals surface area contributed by atoms with Crippen molar-refractivity contribution in [1.29, 1.82) is 0 Å². The van der Waals surface area contributed by atoms with Crippen LogP contribution in [0.5, 0.6) is 0 Å². The molecule has 6 amide bonds. The number of esters is 1. The van der Waals surface area contributed by atoms with Gasteiger partial charge >= 0.3 is 5.97 Å². The lowest BCUT2D eigenvalue weighted by atomic mass is 9.79. The minimum Gasteiger partial charge on any atom is -0.458 e. The number of hydrogen-bond donors (Lipinski definition) is 7. The van der Waals surface area contributed by atoms with Gasteiger partial charge in [-0.25, -0.2) is 14.2 Å². The Balaban J connectivity index is 0.903. The summed E-state index contributed by atoms with van der Waals surface area (Å²) in [5, 5.41) is 28.3. The van der Waals surface area contributed by atoms with E-state index in [0.29, 0.717) is 68.1 Å². The Kier molecular flexibility index (Phi) is 15.6. The maximum atomic E-state index is 15.6. The van der Waals surface area contributed by atoms with E-state index in [0.717, 1.165) is 46.1 Å². The number of pyridine rings is 1. The number of aromatic nitrogens is 1. The second-order valence-corrected chi connectivity index (χ2v) is 19.3. The molecule has 3 aromatic rings. The van der Waals surface area contributed by atoms with E-state index in [-0.39, 0.29) is 67.9 Å². The standard InChI is InChI=1S/C53H62FN7O11/c1-4-6-8-13-42(63)55-24-43(64)56-26-45(66)59-40(20-30-11-9-7-10-12-30)49(67)57-25-44(65)58-28-72-52(18-19-52)50(68)61-38-16-15-32-29(3)37(54)23-39-46(32)47(38)34-21-31-14-17-41(62)35-27-71-51(69)53(70,5-2)36(35)22-33(31)48(34)60-39/h7,9-12,22-23,31,38,40,70H,4-6,8,13-21,24-28H2,1-3H3,(H,55,63)(H,56,64)(H,57,67)(H,58,65)(H,59,66)(H,61,68)/t31?,38-,40-,53-/m0/s1. The molecule has 5 aliphatic rings. The number of cyclic esters (lactones) is 1. The van der Waals surface area contributed by atoms with Gasteiger partial charge in [0.25, 0.3) is 5.91 Å². The highest BCUT2D eigenvalue weighted by molar-refractivity contribution is 6.03. The molecule has 2 aromatic carbocycles. The van der Waals surface area contributed by atoms with Gasteiger partial charge in [-0.1, -0.05) is 57.0 Å². The summed E-state index contributed by atoms with van der Waals surface area (Å²) in [5.74, 6) is -4.83. The van der Waals surface area contributed by atoms with Gasteiger partial charge in [-0.3, -0.25) is 33.6 Å². The molecule has 1 aromatic heterocycles. The fourth-order valence-corrected chi connectivity index (χ4v) is 10.2. The molecule has 4 aliphatic carbocycles. The van der Waals surface area contributed by atoms with Gasteiger partial charge in [0.2, 0.25) is 29.5 Å². The Morgan fingerprint density at radius 1 is 0.903 bits per heavy atom. The predicted molar refractivity (Wildman–Crippen MR) is 260 cm³/mol. The lowest BCUT2D eigenvalue weighted by Crippen LogP contribution is -2.52. The molecule has 1 aliphatic heterocycles. The Hall–Kier alpha value is -6.86. The van der Waals surface area contributed by atoms with Crippen molar-refractivity contribution < 1.29 is 57.3 Å². The van der Waals surface area contributed by atoms with Crippen molar-refractivity contribution in [1.82, 2.24) is 36.9 Å². The largest absolute Gasteiger partial charge is 0.458 e. The molecule has 19 heteroatoms. The van der Waals surface area contributed by atoms with E-state index in [4.69, 9.17) is 14.5 Å². The number of fused-ring (bicyclic) bond motifs is 4. The van der Waals surface area contributed by atoms with Gasteiger partial charge in [-0.05, 0) is 104 Å². The number of allylic oxidation sites excluding steroid dienone is 1. The van der Waals surface area contributed by atoms with Gasteiger partial charge in [-0.2, -0.15) is 0 Å². The van der Waals surface area contributed by atoms with Crippen LogP contribution in [0.15, 0.2) is 53.6 Å². The summed E-state index contributed by atoms with van der Waals surface area (Å²) in [6, 6.07) is 8.66. The van der Waals surface area contributed by atoms with Gasteiger partial charge < -0.3 is 46.5 Å². The van der Waals surface area contributed by atoms with Crippen LogP contribution in [0.3, 0.4) is 0 Å². The zero-order valence-electron chi connectivity index (χ0n) is 40.9. The summed E-state index contributed by atoms with van der Waals surface area (Å²) >= 11 is 0. The SMILES string of the molecule is CCCCCC(=O)NCC(=O)NCC(=O)N[C@@H](Cc1ccccc1)C(=O)NCC(=O)NCOC1(C(=O)N[C@H]2CCc3c(C)c(F)cc4nc5c(c2c34)CC2CCC(=O)C3=C(C=C52)[C@@](O)(CC)C(=O)OC3)CC1. The van der Waals surface area contributed by atoms with Crippen LogP contribution in [0.1, 0.15) is 118 Å². The molecule has 0 radical (unpaired) electrons. The number of aryl methyl sites for hydroxylation is 1. The van der Waals surface area contributed by atoms with Crippen molar-refractivity contribution >= 4 is 63.7 Å². The molecule has 1 unspecified atom stereocenters. The van der Waals surface area contributed by atoms with E-state index in [1.165, 1.54) is 6.07 Å². The molecule has 18 nitrogen and oxygen atoms in total. The molecule has 4 atom stereocenters. The third kappa shape index (κ3) is 11.0. The van der Waals surface area contributed by atoms with Crippen LogP contribution < -0.4 is 31.9 Å². The number of rotatable bonds is 20.